The molecule has 3 rings (SSSR count). The molecule has 0 radical (unpaired) electrons. The molecule has 2 amide bonds. The molecule has 1 atom stereocenters. The van der Waals surface area contributed by atoms with Gasteiger partial charge in [0.25, 0.3) is 0 Å². The number of nitrogens with zero attached hydrogens (tertiary/aromatic N) is 2. The van der Waals surface area contributed by atoms with Crippen LogP contribution < -0.4 is 0 Å². The fourth-order valence-corrected chi connectivity index (χ4v) is 4.04. The van der Waals surface area contributed by atoms with Crippen molar-refractivity contribution in [1.82, 2.24) is 9.80 Å². The maximum atomic E-state index is 13.0. The molecule has 0 aliphatic carbocycles. The molecular weight excluding hydrogens is 356 g/mol. The van der Waals surface area contributed by atoms with E-state index >= 15 is 0 Å². The Kier molecular flexibility index (Phi) is 7.86. The molecule has 0 saturated carbocycles. The van der Waals surface area contributed by atoms with Crippen LogP contribution in [0, 0.1) is 5.92 Å². The van der Waals surface area contributed by atoms with Gasteiger partial charge in [0, 0.05) is 39.7 Å². The summed E-state index contributed by atoms with van der Waals surface area (Å²) in [5.74, 6) is 0.303. The number of hydrogen-bond acceptors (Lipinski definition) is 4. The molecule has 2 fully saturated rings. The van der Waals surface area contributed by atoms with Gasteiger partial charge in [-0.3, -0.25) is 9.59 Å². The van der Waals surface area contributed by atoms with Crippen molar-refractivity contribution in [2.45, 2.75) is 38.2 Å². The molecule has 0 unspecified atom stereocenters. The highest BCUT2D eigenvalue weighted by atomic mass is 16.5. The van der Waals surface area contributed by atoms with E-state index in [9.17, 15) is 9.59 Å². The van der Waals surface area contributed by atoms with Gasteiger partial charge in [-0.1, -0.05) is 30.3 Å². The lowest BCUT2D eigenvalue weighted by molar-refractivity contribution is -0.144. The van der Waals surface area contributed by atoms with Crippen molar-refractivity contribution in [1.29, 1.82) is 0 Å². The first-order valence-electron chi connectivity index (χ1n) is 10.4. The van der Waals surface area contributed by atoms with Crippen molar-refractivity contribution in [3.63, 3.8) is 0 Å². The van der Waals surface area contributed by atoms with E-state index < -0.39 is 0 Å². The topological polar surface area (TPSA) is 59.1 Å². The maximum absolute atomic E-state index is 13.0. The molecule has 0 N–H and O–H groups in total. The van der Waals surface area contributed by atoms with Crippen LogP contribution >= 0.6 is 0 Å². The Hall–Kier alpha value is -1.92. The van der Waals surface area contributed by atoms with Crippen LogP contribution in [0.15, 0.2) is 30.3 Å². The minimum Gasteiger partial charge on any atom is -0.382 e. The summed E-state index contributed by atoms with van der Waals surface area (Å²) in [6, 6.07) is 10.2. The second kappa shape index (κ2) is 10.6. The molecule has 0 spiro atoms. The van der Waals surface area contributed by atoms with E-state index in [0.717, 1.165) is 32.4 Å². The highest BCUT2D eigenvalue weighted by Crippen LogP contribution is 2.23. The Morgan fingerprint density at radius 1 is 1.11 bits per heavy atom. The zero-order valence-electron chi connectivity index (χ0n) is 16.8. The molecule has 6 heteroatoms. The van der Waals surface area contributed by atoms with Gasteiger partial charge >= 0.3 is 0 Å². The molecular formula is C22H32N2O4. The summed E-state index contributed by atoms with van der Waals surface area (Å²) in [6.45, 7) is 3.93. The minimum atomic E-state index is -0.0700. The first-order valence-corrected chi connectivity index (χ1v) is 10.4. The van der Waals surface area contributed by atoms with Crippen molar-refractivity contribution in [3.05, 3.63) is 35.9 Å². The summed E-state index contributed by atoms with van der Waals surface area (Å²) in [4.78, 5) is 29.1. The van der Waals surface area contributed by atoms with Crippen LogP contribution in [0.4, 0.5) is 0 Å². The number of piperidine rings is 2. The molecule has 1 aromatic rings. The second-order valence-electron chi connectivity index (χ2n) is 7.70. The number of amides is 2. The average molecular weight is 389 g/mol. The van der Waals surface area contributed by atoms with E-state index in [2.05, 4.69) is 12.1 Å². The van der Waals surface area contributed by atoms with Gasteiger partial charge in [0.05, 0.1) is 25.2 Å². The monoisotopic (exact) mass is 388 g/mol. The molecule has 6 nitrogen and oxygen atoms in total. The molecule has 2 saturated heterocycles. The number of carbonyl (C=O) groups is 2. The van der Waals surface area contributed by atoms with Gasteiger partial charge in [-0.25, -0.2) is 0 Å². The lowest BCUT2D eigenvalue weighted by Crippen LogP contribution is -2.49. The lowest BCUT2D eigenvalue weighted by atomic mass is 9.94. The van der Waals surface area contributed by atoms with Crippen LogP contribution in [0.2, 0.25) is 0 Å². The predicted molar refractivity (Wildman–Crippen MR) is 107 cm³/mol. The summed E-state index contributed by atoms with van der Waals surface area (Å²) in [5.41, 5.74) is 1.22. The Balaban J connectivity index is 1.45. The zero-order valence-corrected chi connectivity index (χ0v) is 16.8. The molecule has 2 aliphatic heterocycles. The van der Waals surface area contributed by atoms with Gasteiger partial charge in [0.1, 0.15) is 0 Å². The Labute approximate surface area is 167 Å². The molecule has 0 bridgehead atoms. The fourth-order valence-electron chi connectivity index (χ4n) is 4.04. The largest absolute Gasteiger partial charge is 0.382 e. The molecule has 154 valence electrons. The summed E-state index contributed by atoms with van der Waals surface area (Å²) >= 11 is 0. The van der Waals surface area contributed by atoms with Crippen molar-refractivity contribution >= 4 is 11.8 Å². The van der Waals surface area contributed by atoms with Gasteiger partial charge in [0.15, 0.2) is 0 Å². The molecule has 28 heavy (non-hydrogen) atoms. The van der Waals surface area contributed by atoms with Crippen LogP contribution in [0.25, 0.3) is 0 Å². The number of hydrogen-bond donors (Lipinski definition) is 0. The first kappa shape index (κ1) is 20.8. The van der Waals surface area contributed by atoms with Crippen molar-refractivity contribution in [3.8, 4) is 0 Å². The van der Waals surface area contributed by atoms with Crippen molar-refractivity contribution in [2.75, 3.05) is 46.5 Å². The van der Waals surface area contributed by atoms with Crippen LogP contribution in [0.3, 0.4) is 0 Å². The normalized spacial score (nSPS) is 21.2. The third-order valence-electron chi connectivity index (χ3n) is 5.76. The van der Waals surface area contributed by atoms with Gasteiger partial charge in [-0.2, -0.15) is 0 Å². The molecule has 2 heterocycles. The average Bonchev–Trinajstić information content (AvgIpc) is 2.74. The van der Waals surface area contributed by atoms with E-state index in [0.29, 0.717) is 39.1 Å². The van der Waals surface area contributed by atoms with Crippen LogP contribution in [0.5, 0.6) is 0 Å². The standard InChI is InChI=1S/C22H32N2O4/c1-27-15-16-28-20-10-13-23(14-11-20)22(26)19-7-8-21(25)24(17-19)12-9-18-5-3-2-4-6-18/h2-6,19-20H,7-17H2,1H3/t19-/m0/s1. The van der Waals surface area contributed by atoms with Gasteiger partial charge in [-0.15, -0.1) is 0 Å². The van der Waals surface area contributed by atoms with Crippen LogP contribution in [-0.4, -0.2) is 74.2 Å². The number of benzene rings is 1. The van der Waals surface area contributed by atoms with E-state index in [1.54, 1.807) is 7.11 Å². The SMILES string of the molecule is COCCOC1CCN(C(=O)[C@H]2CCC(=O)N(CCc3ccccc3)C2)CC1. The molecule has 0 aromatic heterocycles. The molecule has 2 aliphatic rings. The number of ether oxygens (including phenoxy) is 2. The Morgan fingerprint density at radius 3 is 2.57 bits per heavy atom. The highest BCUT2D eigenvalue weighted by molar-refractivity contribution is 5.84. The number of rotatable bonds is 8. The predicted octanol–water partition coefficient (Wildman–Crippen LogP) is 2.12. The summed E-state index contributed by atoms with van der Waals surface area (Å²) in [7, 11) is 1.67. The number of methoxy groups -OCH3 is 1. The van der Waals surface area contributed by atoms with Gasteiger partial charge < -0.3 is 19.3 Å². The highest BCUT2D eigenvalue weighted by Gasteiger charge is 2.34. The number of likely N-dealkylation sites (tertiary alicyclic amines) is 2. The number of carbonyl (C=O) groups excluding carboxylic acids is 2. The lowest BCUT2D eigenvalue weighted by Gasteiger charge is -2.37. The molecule has 1 aromatic carbocycles. The summed E-state index contributed by atoms with van der Waals surface area (Å²) in [5, 5.41) is 0. The van der Waals surface area contributed by atoms with Gasteiger partial charge in [0.2, 0.25) is 11.8 Å². The van der Waals surface area contributed by atoms with Crippen molar-refractivity contribution < 1.29 is 19.1 Å². The van der Waals surface area contributed by atoms with Crippen LogP contribution in [0.1, 0.15) is 31.2 Å². The summed E-state index contributed by atoms with van der Waals surface area (Å²) < 4.78 is 10.8. The smallest absolute Gasteiger partial charge is 0.227 e. The van der Waals surface area contributed by atoms with Gasteiger partial charge in [-0.05, 0) is 31.2 Å². The quantitative estimate of drug-likeness (QED) is 0.640. The first-order chi connectivity index (χ1) is 13.7. The van der Waals surface area contributed by atoms with Crippen LogP contribution in [-0.2, 0) is 25.5 Å². The Morgan fingerprint density at radius 2 is 1.86 bits per heavy atom. The maximum Gasteiger partial charge on any atom is 0.227 e. The van der Waals surface area contributed by atoms with E-state index in [1.807, 2.05) is 28.0 Å². The summed E-state index contributed by atoms with van der Waals surface area (Å²) in [6.07, 6.45) is 3.94. The van der Waals surface area contributed by atoms with E-state index in [-0.39, 0.29) is 23.8 Å². The van der Waals surface area contributed by atoms with Crippen molar-refractivity contribution in [2.24, 2.45) is 5.92 Å². The fraction of sp³-hybridized carbons (Fsp3) is 0.636. The van der Waals surface area contributed by atoms with E-state index in [4.69, 9.17) is 9.47 Å². The Bertz CT molecular complexity index is 629. The van der Waals surface area contributed by atoms with E-state index in [1.165, 1.54) is 5.56 Å². The minimum absolute atomic E-state index is 0.0700. The third kappa shape index (κ3) is 5.79. The zero-order chi connectivity index (χ0) is 19.8. The second-order valence-corrected chi connectivity index (χ2v) is 7.70. The third-order valence-corrected chi connectivity index (χ3v) is 5.76.